The molecule has 0 saturated carbocycles. The fourth-order valence-electron chi connectivity index (χ4n) is 3.49. The summed E-state index contributed by atoms with van der Waals surface area (Å²) in [5, 5.41) is 4.84. The zero-order valence-corrected chi connectivity index (χ0v) is 9.67. The van der Waals surface area contributed by atoms with Gasteiger partial charge in [0, 0.05) is 30.2 Å². The van der Waals surface area contributed by atoms with E-state index >= 15 is 0 Å². The van der Waals surface area contributed by atoms with E-state index in [0.717, 1.165) is 25.0 Å². The van der Waals surface area contributed by atoms with Gasteiger partial charge in [0.05, 0.1) is 5.52 Å². The summed E-state index contributed by atoms with van der Waals surface area (Å²) in [6, 6.07) is 5.72. The molecule has 0 spiro atoms. The topological polar surface area (TPSA) is 17.0 Å². The zero-order valence-electron chi connectivity index (χ0n) is 9.67. The van der Waals surface area contributed by atoms with E-state index in [-0.39, 0.29) is 5.82 Å². The predicted molar refractivity (Wildman–Crippen MR) is 65.6 cm³/mol. The minimum atomic E-state index is -0.126. The lowest BCUT2D eigenvalue weighted by molar-refractivity contribution is 0.384. The second kappa shape index (κ2) is 3.33. The monoisotopic (exact) mass is 230 g/mol. The Morgan fingerprint density at radius 1 is 1.35 bits per heavy atom. The van der Waals surface area contributed by atoms with Gasteiger partial charge in [0.2, 0.25) is 0 Å². The molecule has 88 valence electrons. The van der Waals surface area contributed by atoms with Crippen molar-refractivity contribution in [2.45, 2.75) is 31.8 Å². The number of nitrogens with one attached hydrogen (secondary N) is 1. The van der Waals surface area contributed by atoms with Crippen LogP contribution < -0.4 is 5.32 Å². The van der Waals surface area contributed by atoms with Crippen molar-refractivity contribution < 1.29 is 4.39 Å². The third-order valence-corrected chi connectivity index (χ3v) is 4.15. The molecule has 0 amide bonds. The quantitative estimate of drug-likeness (QED) is 0.736. The third kappa shape index (κ3) is 1.23. The number of hydrogen-bond acceptors (Lipinski definition) is 1. The summed E-state index contributed by atoms with van der Waals surface area (Å²) in [4.78, 5) is 0. The molecule has 1 atom stereocenters. The van der Waals surface area contributed by atoms with Gasteiger partial charge in [0.25, 0.3) is 0 Å². The SMILES string of the molecule is Fc1ccc2c3c4n(c2c1)CCNC4CCC3. The van der Waals surface area contributed by atoms with Crippen LogP contribution in [0.2, 0.25) is 0 Å². The van der Waals surface area contributed by atoms with Crippen molar-refractivity contribution >= 4 is 10.9 Å². The molecule has 0 radical (unpaired) electrons. The fourth-order valence-corrected chi connectivity index (χ4v) is 3.49. The average molecular weight is 230 g/mol. The number of fused-ring (bicyclic) bond motifs is 3. The highest BCUT2D eigenvalue weighted by Gasteiger charge is 2.29. The Labute approximate surface area is 99.4 Å². The van der Waals surface area contributed by atoms with Gasteiger partial charge in [0.1, 0.15) is 5.82 Å². The van der Waals surface area contributed by atoms with Crippen LogP contribution in [0, 0.1) is 5.82 Å². The van der Waals surface area contributed by atoms with E-state index in [9.17, 15) is 4.39 Å². The maximum atomic E-state index is 13.4. The molecule has 1 N–H and O–H groups in total. The first kappa shape index (κ1) is 9.66. The van der Waals surface area contributed by atoms with Crippen molar-refractivity contribution in [2.75, 3.05) is 6.54 Å². The highest BCUT2D eigenvalue weighted by Crippen LogP contribution is 2.38. The van der Waals surface area contributed by atoms with Gasteiger partial charge in [-0.05, 0) is 43.0 Å². The highest BCUT2D eigenvalue weighted by molar-refractivity contribution is 5.86. The van der Waals surface area contributed by atoms with Crippen LogP contribution in [-0.2, 0) is 13.0 Å². The molecule has 2 aliphatic rings. The highest BCUT2D eigenvalue weighted by atomic mass is 19.1. The van der Waals surface area contributed by atoms with Crippen molar-refractivity contribution in [2.24, 2.45) is 0 Å². The molecule has 0 bridgehead atoms. The molecule has 2 nitrogen and oxygen atoms in total. The summed E-state index contributed by atoms with van der Waals surface area (Å²) in [5.74, 6) is -0.126. The Kier molecular flexibility index (Phi) is 1.89. The molecule has 0 saturated heterocycles. The fraction of sp³-hybridized carbons (Fsp3) is 0.429. The van der Waals surface area contributed by atoms with Crippen molar-refractivity contribution in [3.63, 3.8) is 0 Å². The number of rotatable bonds is 0. The minimum Gasteiger partial charge on any atom is -0.341 e. The van der Waals surface area contributed by atoms with Crippen molar-refractivity contribution in [1.82, 2.24) is 9.88 Å². The molecule has 17 heavy (non-hydrogen) atoms. The van der Waals surface area contributed by atoms with Gasteiger partial charge in [-0.1, -0.05) is 0 Å². The second-order valence-electron chi connectivity index (χ2n) is 5.08. The van der Waals surface area contributed by atoms with Crippen LogP contribution in [0.1, 0.15) is 30.1 Å². The maximum Gasteiger partial charge on any atom is 0.125 e. The van der Waals surface area contributed by atoms with Crippen LogP contribution in [0.5, 0.6) is 0 Å². The van der Waals surface area contributed by atoms with Crippen molar-refractivity contribution in [3.05, 3.63) is 35.3 Å². The van der Waals surface area contributed by atoms with Crippen molar-refractivity contribution in [3.8, 4) is 0 Å². The minimum absolute atomic E-state index is 0.126. The third-order valence-electron chi connectivity index (χ3n) is 4.15. The first-order valence-corrected chi connectivity index (χ1v) is 6.38. The molecule has 2 aromatic rings. The average Bonchev–Trinajstić information content (AvgIpc) is 2.67. The Balaban J connectivity index is 2.11. The van der Waals surface area contributed by atoms with Gasteiger partial charge >= 0.3 is 0 Å². The zero-order chi connectivity index (χ0) is 11.4. The predicted octanol–water partition coefficient (Wildman–Crippen LogP) is 2.76. The summed E-state index contributed by atoms with van der Waals surface area (Å²) in [7, 11) is 0. The molecule has 1 aliphatic carbocycles. The molecule has 1 aliphatic heterocycles. The first-order chi connectivity index (χ1) is 8.34. The number of hydrogen-bond donors (Lipinski definition) is 1. The van der Waals surface area contributed by atoms with Crippen LogP contribution in [0.4, 0.5) is 4.39 Å². The van der Waals surface area contributed by atoms with Gasteiger partial charge in [-0.15, -0.1) is 0 Å². The van der Waals surface area contributed by atoms with E-state index < -0.39 is 0 Å². The van der Waals surface area contributed by atoms with Crippen LogP contribution in [-0.4, -0.2) is 11.1 Å². The Morgan fingerprint density at radius 3 is 3.24 bits per heavy atom. The number of aromatic nitrogens is 1. The molecular formula is C14H15FN2. The number of nitrogens with zero attached hydrogens (tertiary/aromatic N) is 1. The molecule has 3 heteroatoms. The Hall–Kier alpha value is -1.35. The molecule has 2 heterocycles. The summed E-state index contributed by atoms with van der Waals surface area (Å²) in [6.45, 7) is 1.96. The molecule has 4 rings (SSSR count). The van der Waals surface area contributed by atoms with Gasteiger partial charge in [0.15, 0.2) is 0 Å². The van der Waals surface area contributed by atoms with Gasteiger partial charge in [-0.2, -0.15) is 0 Å². The van der Waals surface area contributed by atoms with Crippen LogP contribution in [0.15, 0.2) is 18.2 Å². The lowest BCUT2D eigenvalue weighted by atomic mass is 9.91. The van der Waals surface area contributed by atoms with E-state index in [1.165, 1.54) is 29.5 Å². The van der Waals surface area contributed by atoms with Gasteiger partial charge < -0.3 is 9.88 Å². The summed E-state index contributed by atoms with van der Waals surface area (Å²) >= 11 is 0. The standard InChI is InChI=1S/C14H15FN2/c15-9-4-5-10-11-2-1-3-12-14(11)17(7-6-16-12)13(10)8-9/h4-5,8,12,16H,1-3,6-7H2. The molecule has 1 unspecified atom stereocenters. The summed E-state index contributed by atoms with van der Waals surface area (Å²) < 4.78 is 15.7. The Bertz CT molecular complexity index is 598. The Morgan fingerprint density at radius 2 is 2.29 bits per heavy atom. The largest absolute Gasteiger partial charge is 0.341 e. The number of aryl methyl sites for hydroxylation is 1. The number of benzene rings is 1. The lowest BCUT2D eigenvalue weighted by Crippen LogP contribution is -2.35. The summed E-state index contributed by atoms with van der Waals surface area (Å²) in [5.41, 5.74) is 3.95. The van der Waals surface area contributed by atoms with Crippen LogP contribution in [0.3, 0.4) is 0 Å². The van der Waals surface area contributed by atoms with E-state index in [2.05, 4.69) is 9.88 Å². The van der Waals surface area contributed by atoms with E-state index in [4.69, 9.17) is 0 Å². The number of halogens is 1. The molecule has 0 fully saturated rings. The smallest absolute Gasteiger partial charge is 0.125 e. The molecule has 1 aromatic carbocycles. The first-order valence-electron chi connectivity index (χ1n) is 6.38. The van der Waals surface area contributed by atoms with Crippen LogP contribution >= 0.6 is 0 Å². The summed E-state index contributed by atoms with van der Waals surface area (Å²) in [6.07, 6.45) is 3.59. The van der Waals surface area contributed by atoms with E-state index in [1.807, 2.05) is 6.07 Å². The second-order valence-corrected chi connectivity index (χ2v) is 5.08. The van der Waals surface area contributed by atoms with Gasteiger partial charge in [-0.3, -0.25) is 0 Å². The maximum absolute atomic E-state index is 13.4. The van der Waals surface area contributed by atoms with E-state index in [1.54, 1.807) is 12.1 Å². The normalized spacial score (nSPS) is 22.8. The van der Waals surface area contributed by atoms with Crippen molar-refractivity contribution in [1.29, 1.82) is 0 Å². The molecular weight excluding hydrogens is 215 g/mol. The van der Waals surface area contributed by atoms with Gasteiger partial charge in [-0.25, -0.2) is 4.39 Å². The van der Waals surface area contributed by atoms with Crippen LogP contribution in [0.25, 0.3) is 10.9 Å². The van der Waals surface area contributed by atoms with E-state index in [0.29, 0.717) is 6.04 Å². The molecule has 1 aromatic heterocycles. The lowest BCUT2D eigenvalue weighted by Gasteiger charge is -2.31.